The molecule has 0 fully saturated rings. The second kappa shape index (κ2) is 8.85. The summed E-state index contributed by atoms with van der Waals surface area (Å²) in [7, 11) is 3.45. The number of fused-ring (bicyclic) bond motifs is 1. The summed E-state index contributed by atoms with van der Waals surface area (Å²) < 4.78 is 5.18. The van der Waals surface area contributed by atoms with Crippen LogP contribution in [0, 0.1) is 0 Å². The molecule has 134 valence electrons. The lowest BCUT2D eigenvalue weighted by Gasteiger charge is -2.13. The van der Waals surface area contributed by atoms with Crippen molar-refractivity contribution in [3.8, 4) is 5.75 Å². The molecule has 0 aliphatic rings. The Hall–Kier alpha value is -3.08. The van der Waals surface area contributed by atoms with E-state index in [2.05, 4.69) is 44.9 Å². The summed E-state index contributed by atoms with van der Waals surface area (Å²) in [5.41, 5.74) is 2.27. The van der Waals surface area contributed by atoms with Gasteiger partial charge in [0.1, 0.15) is 5.75 Å². The Labute approximate surface area is 154 Å². The summed E-state index contributed by atoms with van der Waals surface area (Å²) in [6.45, 7) is 1.43. The number of ether oxygens (including phenoxy) is 1. The maximum absolute atomic E-state index is 5.18. The minimum Gasteiger partial charge on any atom is -0.497 e. The van der Waals surface area contributed by atoms with Crippen molar-refractivity contribution in [1.82, 2.24) is 15.6 Å². The molecular weight excluding hydrogens is 324 g/mol. The van der Waals surface area contributed by atoms with Gasteiger partial charge in [0.15, 0.2) is 5.96 Å². The van der Waals surface area contributed by atoms with Gasteiger partial charge >= 0.3 is 0 Å². The zero-order chi connectivity index (χ0) is 18.2. The van der Waals surface area contributed by atoms with E-state index in [1.54, 1.807) is 14.2 Å². The molecule has 2 N–H and O–H groups in total. The van der Waals surface area contributed by atoms with E-state index in [0.29, 0.717) is 6.54 Å². The molecule has 0 spiro atoms. The van der Waals surface area contributed by atoms with Crippen LogP contribution in [-0.4, -0.2) is 31.6 Å². The second-order valence-electron chi connectivity index (χ2n) is 5.93. The van der Waals surface area contributed by atoms with E-state index in [1.807, 2.05) is 36.5 Å². The van der Waals surface area contributed by atoms with Crippen LogP contribution in [0.25, 0.3) is 10.8 Å². The number of aliphatic imine (C=N–C) groups is 1. The van der Waals surface area contributed by atoms with Gasteiger partial charge in [0.2, 0.25) is 0 Å². The van der Waals surface area contributed by atoms with Gasteiger partial charge in [-0.05, 0) is 35.6 Å². The fourth-order valence-electron chi connectivity index (χ4n) is 2.83. The zero-order valence-corrected chi connectivity index (χ0v) is 15.2. The molecule has 0 saturated heterocycles. The molecule has 0 radical (unpaired) electrons. The number of aromatic nitrogens is 1. The smallest absolute Gasteiger partial charge is 0.191 e. The van der Waals surface area contributed by atoms with Crippen LogP contribution in [0.1, 0.15) is 11.3 Å². The summed E-state index contributed by atoms with van der Waals surface area (Å²) in [4.78, 5) is 8.79. The summed E-state index contributed by atoms with van der Waals surface area (Å²) >= 11 is 0. The third-order valence-corrected chi connectivity index (χ3v) is 4.27. The van der Waals surface area contributed by atoms with E-state index >= 15 is 0 Å². The van der Waals surface area contributed by atoms with Crippen LogP contribution in [0.5, 0.6) is 5.75 Å². The number of hydrogen-bond donors (Lipinski definition) is 2. The number of nitrogens with zero attached hydrogens (tertiary/aromatic N) is 2. The average Bonchev–Trinajstić information content (AvgIpc) is 2.71. The van der Waals surface area contributed by atoms with Crippen LogP contribution < -0.4 is 15.4 Å². The van der Waals surface area contributed by atoms with Crippen LogP contribution >= 0.6 is 0 Å². The standard InChI is InChI=1S/C21H24N4O/c1-22-21(24-13-11-16-7-9-18(26-2)10-8-16)25-15-20-19-6-4-3-5-17(19)12-14-23-20/h3-10,12,14H,11,13,15H2,1-2H3,(H2,22,24,25). The molecule has 0 atom stereocenters. The highest BCUT2D eigenvalue weighted by Gasteiger charge is 2.04. The first kappa shape index (κ1) is 17.7. The van der Waals surface area contributed by atoms with Crippen molar-refractivity contribution in [1.29, 1.82) is 0 Å². The van der Waals surface area contributed by atoms with Gasteiger partial charge in [-0.2, -0.15) is 0 Å². The monoisotopic (exact) mass is 348 g/mol. The van der Waals surface area contributed by atoms with Crippen molar-refractivity contribution in [2.75, 3.05) is 20.7 Å². The van der Waals surface area contributed by atoms with Gasteiger partial charge < -0.3 is 15.4 Å². The summed E-state index contributed by atoms with van der Waals surface area (Å²) in [6.07, 6.45) is 2.76. The molecule has 0 amide bonds. The number of pyridine rings is 1. The van der Waals surface area contributed by atoms with Gasteiger partial charge in [-0.1, -0.05) is 36.4 Å². The normalized spacial score (nSPS) is 11.4. The fraction of sp³-hybridized carbons (Fsp3) is 0.238. The SMILES string of the molecule is CN=C(NCCc1ccc(OC)cc1)NCc1nccc2ccccc12. The molecule has 0 saturated carbocycles. The molecule has 5 heteroatoms. The van der Waals surface area contributed by atoms with Gasteiger partial charge in [0, 0.05) is 25.2 Å². The molecule has 0 bridgehead atoms. The molecule has 0 aliphatic carbocycles. The predicted octanol–water partition coefficient (Wildman–Crippen LogP) is 3.15. The first-order valence-corrected chi connectivity index (χ1v) is 8.70. The lowest BCUT2D eigenvalue weighted by atomic mass is 10.1. The molecular formula is C21H24N4O. The van der Waals surface area contributed by atoms with Crippen molar-refractivity contribution in [2.24, 2.45) is 4.99 Å². The molecule has 1 aromatic heterocycles. The molecule has 5 nitrogen and oxygen atoms in total. The van der Waals surface area contributed by atoms with Crippen molar-refractivity contribution in [3.05, 3.63) is 72.1 Å². The average molecular weight is 348 g/mol. The maximum atomic E-state index is 5.18. The van der Waals surface area contributed by atoms with E-state index in [-0.39, 0.29) is 0 Å². The minimum absolute atomic E-state index is 0.629. The summed E-state index contributed by atoms with van der Waals surface area (Å²) in [5.74, 6) is 1.65. The van der Waals surface area contributed by atoms with Gasteiger partial charge in [0.05, 0.1) is 19.3 Å². The van der Waals surface area contributed by atoms with Crippen LogP contribution in [-0.2, 0) is 13.0 Å². The zero-order valence-electron chi connectivity index (χ0n) is 15.2. The maximum Gasteiger partial charge on any atom is 0.191 e. The number of methoxy groups -OCH3 is 1. The van der Waals surface area contributed by atoms with E-state index < -0.39 is 0 Å². The van der Waals surface area contributed by atoms with Crippen LogP contribution in [0.2, 0.25) is 0 Å². The highest BCUT2D eigenvalue weighted by molar-refractivity contribution is 5.85. The largest absolute Gasteiger partial charge is 0.497 e. The molecule has 2 aromatic carbocycles. The summed E-state index contributed by atoms with van der Waals surface area (Å²) in [5, 5.41) is 9.04. The first-order chi connectivity index (χ1) is 12.8. The molecule has 26 heavy (non-hydrogen) atoms. The summed E-state index contributed by atoms with van der Waals surface area (Å²) in [6, 6.07) is 18.4. The highest BCUT2D eigenvalue weighted by atomic mass is 16.5. The topological polar surface area (TPSA) is 58.5 Å². The van der Waals surface area contributed by atoms with E-state index in [1.165, 1.54) is 10.9 Å². The first-order valence-electron chi connectivity index (χ1n) is 8.70. The van der Waals surface area contributed by atoms with Crippen LogP contribution in [0.4, 0.5) is 0 Å². The quantitative estimate of drug-likeness (QED) is 0.531. The molecule has 3 aromatic rings. The number of nitrogens with one attached hydrogen (secondary N) is 2. The highest BCUT2D eigenvalue weighted by Crippen LogP contribution is 2.16. The number of benzene rings is 2. The van der Waals surface area contributed by atoms with Gasteiger partial charge in [-0.15, -0.1) is 0 Å². The van der Waals surface area contributed by atoms with Gasteiger partial charge in [-0.25, -0.2) is 0 Å². The Morgan fingerprint density at radius 3 is 2.62 bits per heavy atom. The number of hydrogen-bond acceptors (Lipinski definition) is 3. The van der Waals surface area contributed by atoms with Gasteiger partial charge in [0.25, 0.3) is 0 Å². The third kappa shape index (κ3) is 4.51. The van der Waals surface area contributed by atoms with Crippen molar-refractivity contribution < 1.29 is 4.74 Å². The Bertz CT molecular complexity index is 869. The molecule has 0 aliphatic heterocycles. The van der Waals surface area contributed by atoms with E-state index in [9.17, 15) is 0 Å². The lowest BCUT2D eigenvalue weighted by Crippen LogP contribution is -2.38. The molecule has 3 rings (SSSR count). The van der Waals surface area contributed by atoms with Crippen molar-refractivity contribution >= 4 is 16.7 Å². The Morgan fingerprint density at radius 2 is 1.85 bits per heavy atom. The number of rotatable bonds is 6. The Kier molecular flexibility index (Phi) is 6.04. The van der Waals surface area contributed by atoms with Gasteiger partial charge in [-0.3, -0.25) is 9.98 Å². The van der Waals surface area contributed by atoms with E-state index in [4.69, 9.17) is 4.74 Å². The third-order valence-electron chi connectivity index (χ3n) is 4.27. The fourth-order valence-corrected chi connectivity index (χ4v) is 2.83. The lowest BCUT2D eigenvalue weighted by molar-refractivity contribution is 0.414. The van der Waals surface area contributed by atoms with Crippen molar-refractivity contribution in [3.63, 3.8) is 0 Å². The predicted molar refractivity (Wildman–Crippen MR) is 107 cm³/mol. The van der Waals surface area contributed by atoms with Crippen LogP contribution in [0.3, 0.4) is 0 Å². The molecule has 0 unspecified atom stereocenters. The second-order valence-corrected chi connectivity index (χ2v) is 5.93. The van der Waals surface area contributed by atoms with Crippen LogP contribution in [0.15, 0.2) is 65.8 Å². The Balaban J connectivity index is 1.53. The Morgan fingerprint density at radius 1 is 1.04 bits per heavy atom. The van der Waals surface area contributed by atoms with Crippen molar-refractivity contribution in [2.45, 2.75) is 13.0 Å². The minimum atomic E-state index is 0.629. The number of guanidine groups is 1. The van der Waals surface area contributed by atoms with E-state index in [0.717, 1.165) is 35.8 Å². The molecule has 1 heterocycles.